The van der Waals surface area contributed by atoms with E-state index in [1.165, 1.54) is 18.3 Å². The van der Waals surface area contributed by atoms with Gasteiger partial charge in [-0.1, -0.05) is 0 Å². The lowest BCUT2D eigenvalue weighted by Crippen LogP contribution is -2.50. The van der Waals surface area contributed by atoms with E-state index in [0.717, 1.165) is 0 Å². The maximum absolute atomic E-state index is 14.0. The molecule has 136 valence electrons. The minimum atomic E-state index is -0.553. The number of piperazine rings is 1. The van der Waals surface area contributed by atoms with E-state index in [1.54, 1.807) is 41.1 Å². The summed E-state index contributed by atoms with van der Waals surface area (Å²) in [6.45, 7) is 3.79. The molecule has 1 aliphatic heterocycles. The van der Waals surface area contributed by atoms with Crippen LogP contribution in [-0.2, 0) is 0 Å². The van der Waals surface area contributed by atoms with Gasteiger partial charge in [-0.05, 0) is 37.3 Å². The number of pyridine rings is 1. The first-order chi connectivity index (χ1) is 12.6. The predicted molar refractivity (Wildman–Crippen MR) is 93.6 cm³/mol. The number of ether oxygens (including phenoxy) is 1. The number of amides is 2. The number of carbonyl (C=O) groups excluding carboxylic acids is 2. The van der Waals surface area contributed by atoms with Crippen molar-refractivity contribution in [3.8, 4) is 5.75 Å². The lowest BCUT2D eigenvalue weighted by atomic mass is 10.1. The summed E-state index contributed by atoms with van der Waals surface area (Å²) >= 11 is 0. The Balaban J connectivity index is 1.62. The molecule has 26 heavy (non-hydrogen) atoms. The van der Waals surface area contributed by atoms with Gasteiger partial charge in [0.15, 0.2) is 11.6 Å². The molecule has 0 saturated carbocycles. The van der Waals surface area contributed by atoms with E-state index in [0.29, 0.717) is 38.3 Å². The van der Waals surface area contributed by atoms with E-state index in [9.17, 15) is 14.0 Å². The minimum Gasteiger partial charge on any atom is -0.491 e. The van der Waals surface area contributed by atoms with Gasteiger partial charge >= 0.3 is 0 Å². The Morgan fingerprint density at radius 3 is 2.27 bits per heavy atom. The van der Waals surface area contributed by atoms with Gasteiger partial charge in [0.1, 0.15) is 0 Å². The van der Waals surface area contributed by atoms with Gasteiger partial charge in [-0.3, -0.25) is 14.6 Å². The fourth-order valence-corrected chi connectivity index (χ4v) is 2.87. The molecule has 2 heterocycles. The van der Waals surface area contributed by atoms with Gasteiger partial charge in [-0.15, -0.1) is 0 Å². The lowest BCUT2D eigenvalue weighted by molar-refractivity contribution is 0.0535. The van der Waals surface area contributed by atoms with E-state index in [1.807, 2.05) is 0 Å². The van der Waals surface area contributed by atoms with Crippen LogP contribution >= 0.6 is 0 Å². The SMILES string of the molecule is CCOc1ccc(C(=O)N2CCN(C(=O)c3cccnc3)CC2)cc1F. The second kappa shape index (κ2) is 7.95. The Kier molecular flexibility index (Phi) is 5.46. The van der Waals surface area contributed by atoms with Gasteiger partial charge in [0, 0.05) is 44.1 Å². The van der Waals surface area contributed by atoms with Gasteiger partial charge in [-0.2, -0.15) is 0 Å². The number of benzene rings is 1. The first kappa shape index (κ1) is 17.8. The average Bonchev–Trinajstić information content (AvgIpc) is 2.69. The Bertz CT molecular complexity index is 790. The summed E-state index contributed by atoms with van der Waals surface area (Å²) in [5, 5.41) is 0. The maximum atomic E-state index is 14.0. The molecule has 0 radical (unpaired) electrons. The molecule has 0 bridgehead atoms. The van der Waals surface area contributed by atoms with Crippen LogP contribution in [0, 0.1) is 5.82 Å². The topological polar surface area (TPSA) is 62.7 Å². The van der Waals surface area contributed by atoms with Crippen molar-refractivity contribution in [3.05, 3.63) is 59.7 Å². The Labute approximate surface area is 151 Å². The quantitative estimate of drug-likeness (QED) is 0.842. The van der Waals surface area contributed by atoms with Crippen molar-refractivity contribution < 1.29 is 18.7 Å². The molecular formula is C19H20FN3O3. The lowest BCUT2D eigenvalue weighted by Gasteiger charge is -2.34. The maximum Gasteiger partial charge on any atom is 0.255 e. The molecule has 7 heteroatoms. The second-order valence-electron chi connectivity index (χ2n) is 5.90. The zero-order valence-corrected chi connectivity index (χ0v) is 14.5. The van der Waals surface area contributed by atoms with Crippen LogP contribution in [0.2, 0.25) is 0 Å². The zero-order valence-electron chi connectivity index (χ0n) is 14.5. The van der Waals surface area contributed by atoms with E-state index >= 15 is 0 Å². The molecule has 0 atom stereocenters. The van der Waals surface area contributed by atoms with Crippen molar-refractivity contribution in [2.24, 2.45) is 0 Å². The van der Waals surface area contributed by atoms with Crippen molar-refractivity contribution in [2.45, 2.75) is 6.92 Å². The highest BCUT2D eigenvalue weighted by Crippen LogP contribution is 2.20. The van der Waals surface area contributed by atoms with Crippen LogP contribution in [0.15, 0.2) is 42.7 Å². The Morgan fingerprint density at radius 2 is 1.73 bits per heavy atom. The molecule has 0 aliphatic carbocycles. The highest BCUT2D eigenvalue weighted by Gasteiger charge is 2.26. The summed E-state index contributed by atoms with van der Waals surface area (Å²) in [5.74, 6) is -0.767. The van der Waals surface area contributed by atoms with E-state index in [4.69, 9.17) is 4.74 Å². The number of carbonyl (C=O) groups is 2. The number of halogens is 1. The number of hydrogen-bond acceptors (Lipinski definition) is 4. The third kappa shape index (κ3) is 3.82. The number of aromatic nitrogens is 1. The van der Waals surface area contributed by atoms with E-state index in [2.05, 4.69) is 4.98 Å². The summed E-state index contributed by atoms with van der Waals surface area (Å²) in [6.07, 6.45) is 3.14. The van der Waals surface area contributed by atoms with Gasteiger partial charge in [0.05, 0.1) is 12.2 Å². The highest BCUT2D eigenvalue weighted by atomic mass is 19.1. The minimum absolute atomic E-state index is 0.0997. The molecule has 0 unspecified atom stereocenters. The Hall–Kier alpha value is -2.96. The van der Waals surface area contributed by atoms with E-state index in [-0.39, 0.29) is 23.1 Å². The molecule has 0 spiro atoms. The first-order valence-electron chi connectivity index (χ1n) is 8.51. The van der Waals surface area contributed by atoms with Gasteiger partial charge in [0.25, 0.3) is 11.8 Å². The molecule has 2 amide bonds. The summed E-state index contributed by atoms with van der Waals surface area (Å²) in [7, 11) is 0. The van der Waals surface area contributed by atoms with Crippen LogP contribution in [0.5, 0.6) is 5.75 Å². The zero-order chi connectivity index (χ0) is 18.5. The van der Waals surface area contributed by atoms with Gasteiger partial charge < -0.3 is 14.5 Å². The normalized spacial score (nSPS) is 14.2. The van der Waals surface area contributed by atoms with Crippen LogP contribution in [0.1, 0.15) is 27.6 Å². The second-order valence-corrected chi connectivity index (χ2v) is 5.90. The predicted octanol–water partition coefficient (Wildman–Crippen LogP) is 2.22. The molecule has 2 aromatic rings. The van der Waals surface area contributed by atoms with Gasteiger partial charge in [0.2, 0.25) is 0 Å². The summed E-state index contributed by atoms with van der Waals surface area (Å²) in [5.41, 5.74) is 0.804. The third-order valence-corrected chi connectivity index (χ3v) is 4.24. The monoisotopic (exact) mass is 357 g/mol. The summed E-state index contributed by atoms with van der Waals surface area (Å²) in [4.78, 5) is 32.3. The summed E-state index contributed by atoms with van der Waals surface area (Å²) in [6, 6.07) is 7.65. The highest BCUT2D eigenvalue weighted by molar-refractivity contribution is 5.96. The number of nitrogens with zero attached hydrogens (tertiary/aromatic N) is 3. The first-order valence-corrected chi connectivity index (χ1v) is 8.51. The molecule has 3 rings (SSSR count). The molecule has 1 aliphatic rings. The van der Waals surface area contributed by atoms with Crippen molar-refractivity contribution >= 4 is 11.8 Å². The van der Waals surface area contributed by atoms with Crippen molar-refractivity contribution in [1.29, 1.82) is 0 Å². The summed E-state index contributed by atoms with van der Waals surface area (Å²) < 4.78 is 19.1. The van der Waals surface area contributed by atoms with Crippen molar-refractivity contribution in [3.63, 3.8) is 0 Å². The van der Waals surface area contributed by atoms with Crippen LogP contribution in [0.3, 0.4) is 0 Å². The molecule has 1 aromatic carbocycles. The van der Waals surface area contributed by atoms with Crippen LogP contribution in [0.4, 0.5) is 4.39 Å². The van der Waals surface area contributed by atoms with Crippen molar-refractivity contribution in [1.82, 2.24) is 14.8 Å². The molecule has 1 aromatic heterocycles. The van der Waals surface area contributed by atoms with Gasteiger partial charge in [-0.25, -0.2) is 4.39 Å². The third-order valence-electron chi connectivity index (χ3n) is 4.24. The smallest absolute Gasteiger partial charge is 0.255 e. The molecule has 0 N–H and O–H groups in total. The standard InChI is InChI=1S/C19H20FN3O3/c1-2-26-17-6-5-14(12-16(17)20)18(24)22-8-10-23(11-9-22)19(25)15-4-3-7-21-13-15/h3-7,12-13H,2,8-11H2,1H3. The fraction of sp³-hybridized carbons (Fsp3) is 0.316. The fourth-order valence-electron chi connectivity index (χ4n) is 2.87. The van der Waals surface area contributed by atoms with Crippen LogP contribution in [-0.4, -0.2) is 59.4 Å². The Morgan fingerprint density at radius 1 is 1.08 bits per heavy atom. The molecular weight excluding hydrogens is 337 g/mol. The molecule has 1 fully saturated rings. The van der Waals surface area contributed by atoms with Crippen LogP contribution in [0.25, 0.3) is 0 Å². The van der Waals surface area contributed by atoms with E-state index < -0.39 is 5.82 Å². The van der Waals surface area contributed by atoms with Crippen molar-refractivity contribution in [2.75, 3.05) is 32.8 Å². The molecule has 1 saturated heterocycles. The number of rotatable bonds is 4. The molecule has 6 nitrogen and oxygen atoms in total. The largest absolute Gasteiger partial charge is 0.491 e. The van der Waals surface area contributed by atoms with Crippen LogP contribution < -0.4 is 4.74 Å². The number of hydrogen-bond donors (Lipinski definition) is 0. The average molecular weight is 357 g/mol.